The molecule has 2 aromatic carbocycles. The van der Waals surface area contributed by atoms with Gasteiger partial charge in [0.05, 0.1) is 17.5 Å². The van der Waals surface area contributed by atoms with Crippen molar-refractivity contribution in [1.82, 2.24) is 5.32 Å². The van der Waals surface area contributed by atoms with Crippen molar-refractivity contribution in [2.75, 3.05) is 10.2 Å². The summed E-state index contributed by atoms with van der Waals surface area (Å²) < 4.78 is 0. The Kier molecular flexibility index (Phi) is 3.30. The van der Waals surface area contributed by atoms with Crippen LogP contribution < -0.4 is 15.5 Å². The Morgan fingerprint density at radius 1 is 1.04 bits per heavy atom. The third-order valence-electron chi connectivity index (χ3n) is 5.84. The quantitative estimate of drug-likeness (QED) is 0.743. The summed E-state index contributed by atoms with van der Waals surface area (Å²) in [7, 11) is 0. The molecule has 0 bridgehead atoms. The molecule has 2 saturated heterocycles. The fraction of sp³-hybridized carbons (Fsp3) is 0.250. The first-order valence-electron chi connectivity index (χ1n) is 8.77. The number of halogens is 1. The van der Waals surface area contributed by atoms with Gasteiger partial charge in [0.25, 0.3) is 0 Å². The topological polar surface area (TPSA) is 78.5 Å². The number of hydrogen-bond donors (Lipinski definition) is 2. The standard InChI is InChI=1S/C20H16ClN3O3/c1-10-15-16(18(26)24(17(15)25)12-6-4-5-11(21)9-12)20(23-10)13-7-2-3-8-14(13)22-19(20)27/h2-10,15-16,23H,1H3,(H,22,27)/t10-,15+,16+,20-/m1/s1. The molecule has 3 amide bonds. The summed E-state index contributed by atoms with van der Waals surface area (Å²) in [5.41, 5.74) is 0.578. The first kappa shape index (κ1) is 16.5. The van der Waals surface area contributed by atoms with Crippen molar-refractivity contribution in [3.63, 3.8) is 0 Å². The molecule has 2 fully saturated rings. The molecule has 2 N–H and O–H groups in total. The summed E-state index contributed by atoms with van der Waals surface area (Å²) in [6.45, 7) is 1.84. The minimum absolute atomic E-state index is 0.294. The minimum atomic E-state index is -1.24. The summed E-state index contributed by atoms with van der Waals surface area (Å²) in [4.78, 5) is 40.8. The van der Waals surface area contributed by atoms with Gasteiger partial charge in [-0.2, -0.15) is 0 Å². The Morgan fingerprint density at radius 2 is 1.81 bits per heavy atom. The SMILES string of the molecule is C[C@H]1N[C@@]2(C(=O)Nc3ccccc32)[C@@H]2C(=O)N(c3cccc(Cl)c3)C(=O)[C@H]21. The molecule has 5 rings (SSSR count). The number of fused-ring (bicyclic) bond motifs is 4. The van der Waals surface area contributed by atoms with Crippen LogP contribution in [0.25, 0.3) is 0 Å². The second-order valence-electron chi connectivity index (χ2n) is 7.24. The lowest BCUT2D eigenvalue weighted by atomic mass is 9.76. The normalized spacial score (nSPS) is 31.4. The van der Waals surface area contributed by atoms with Crippen LogP contribution in [0.5, 0.6) is 0 Å². The summed E-state index contributed by atoms with van der Waals surface area (Å²) in [5, 5.41) is 6.57. The lowest BCUT2D eigenvalue weighted by Gasteiger charge is -2.29. The van der Waals surface area contributed by atoms with Crippen LogP contribution in [-0.2, 0) is 19.9 Å². The zero-order valence-electron chi connectivity index (χ0n) is 14.4. The Balaban J connectivity index is 1.67. The molecule has 136 valence electrons. The maximum atomic E-state index is 13.4. The Bertz CT molecular complexity index is 1020. The van der Waals surface area contributed by atoms with Crippen LogP contribution in [0.1, 0.15) is 12.5 Å². The molecule has 0 radical (unpaired) electrons. The Morgan fingerprint density at radius 3 is 2.59 bits per heavy atom. The highest BCUT2D eigenvalue weighted by Crippen LogP contribution is 2.53. The van der Waals surface area contributed by atoms with Gasteiger partial charge in [-0.3, -0.25) is 19.7 Å². The average Bonchev–Trinajstić information content (AvgIpc) is 3.20. The molecule has 2 aromatic rings. The van der Waals surface area contributed by atoms with Gasteiger partial charge in [0.2, 0.25) is 17.7 Å². The summed E-state index contributed by atoms with van der Waals surface area (Å²) in [5.74, 6) is -2.40. The summed E-state index contributed by atoms with van der Waals surface area (Å²) in [6.07, 6.45) is 0. The fourth-order valence-corrected chi connectivity index (χ4v) is 4.97. The lowest BCUT2D eigenvalue weighted by molar-refractivity contribution is -0.130. The van der Waals surface area contributed by atoms with Gasteiger partial charge < -0.3 is 5.32 Å². The van der Waals surface area contributed by atoms with Crippen molar-refractivity contribution in [2.45, 2.75) is 18.5 Å². The number of anilines is 2. The molecule has 7 heteroatoms. The van der Waals surface area contributed by atoms with Crippen LogP contribution >= 0.6 is 11.6 Å². The number of para-hydroxylation sites is 1. The predicted molar refractivity (Wildman–Crippen MR) is 100 cm³/mol. The Hall–Kier alpha value is -2.70. The molecule has 4 atom stereocenters. The van der Waals surface area contributed by atoms with Gasteiger partial charge in [-0.1, -0.05) is 35.9 Å². The number of nitrogens with one attached hydrogen (secondary N) is 2. The average molecular weight is 382 g/mol. The van der Waals surface area contributed by atoms with Crippen molar-refractivity contribution in [2.24, 2.45) is 11.8 Å². The van der Waals surface area contributed by atoms with Gasteiger partial charge in [0.1, 0.15) is 5.54 Å². The number of benzene rings is 2. The fourth-order valence-electron chi connectivity index (χ4n) is 4.79. The monoisotopic (exact) mass is 381 g/mol. The summed E-state index contributed by atoms with van der Waals surface area (Å²) in [6, 6.07) is 13.6. The van der Waals surface area contributed by atoms with Gasteiger partial charge in [-0.05, 0) is 31.2 Å². The van der Waals surface area contributed by atoms with Crippen molar-refractivity contribution in [3.8, 4) is 0 Å². The second-order valence-corrected chi connectivity index (χ2v) is 7.67. The van der Waals surface area contributed by atoms with Gasteiger partial charge in [0, 0.05) is 22.3 Å². The van der Waals surface area contributed by atoms with E-state index >= 15 is 0 Å². The van der Waals surface area contributed by atoms with Crippen molar-refractivity contribution < 1.29 is 14.4 Å². The molecule has 1 spiro atoms. The van der Waals surface area contributed by atoms with Crippen LogP contribution in [0, 0.1) is 11.8 Å². The second kappa shape index (κ2) is 5.41. The number of hydrogen-bond acceptors (Lipinski definition) is 4. The molecule has 27 heavy (non-hydrogen) atoms. The van der Waals surface area contributed by atoms with Crippen LogP contribution in [0.3, 0.4) is 0 Å². The highest BCUT2D eigenvalue weighted by molar-refractivity contribution is 6.31. The van der Waals surface area contributed by atoms with Crippen LogP contribution in [0.2, 0.25) is 5.02 Å². The first-order valence-corrected chi connectivity index (χ1v) is 9.15. The molecule has 0 saturated carbocycles. The minimum Gasteiger partial charge on any atom is -0.324 e. The number of carbonyl (C=O) groups is 3. The number of imide groups is 1. The van der Waals surface area contributed by atoms with Crippen molar-refractivity contribution in [3.05, 3.63) is 59.1 Å². The van der Waals surface area contributed by atoms with Crippen molar-refractivity contribution >= 4 is 40.7 Å². The zero-order chi connectivity index (χ0) is 18.9. The van der Waals surface area contributed by atoms with E-state index in [0.717, 1.165) is 0 Å². The molecule has 3 aliphatic rings. The Labute approximate surface area is 160 Å². The van der Waals surface area contributed by atoms with E-state index in [4.69, 9.17) is 11.6 Å². The number of carbonyl (C=O) groups excluding carboxylic acids is 3. The highest BCUT2D eigenvalue weighted by atomic mass is 35.5. The number of nitrogens with zero attached hydrogens (tertiary/aromatic N) is 1. The van der Waals surface area contributed by atoms with Crippen molar-refractivity contribution in [1.29, 1.82) is 0 Å². The molecule has 6 nitrogen and oxygen atoms in total. The van der Waals surface area contributed by atoms with Crippen LogP contribution in [0.4, 0.5) is 11.4 Å². The van der Waals surface area contributed by atoms with Crippen LogP contribution in [-0.4, -0.2) is 23.8 Å². The van der Waals surface area contributed by atoms with E-state index in [1.807, 2.05) is 25.1 Å². The van der Waals surface area contributed by atoms with Crippen LogP contribution in [0.15, 0.2) is 48.5 Å². The molecular formula is C20H16ClN3O3. The van der Waals surface area contributed by atoms with Gasteiger partial charge in [-0.25, -0.2) is 4.90 Å². The highest BCUT2D eigenvalue weighted by Gasteiger charge is 2.69. The maximum absolute atomic E-state index is 13.4. The third kappa shape index (κ3) is 1.97. The molecule has 0 unspecified atom stereocenters. The van der Waals surface area contributed by atoms with E-state index in [2.05, 4.69) is 10.6 Å². The lowest BCUT2D eigenvalue weighted by Crippen LogP contribution is -2.53. The molecule has 0 aromatic heterocycles. The number of amides is 3. The van der Waals surface area contributed by atoms with E-state index in [1.54, 1.807) is 30.3 Å². The largest absolute Gasteiger partial charge is 0.324 e. The van der Waals surface area contributed by atoms with E-state index in [1.165, 1.54) is 4.90 Å². The smallest absolute Gasteiger partial charge is 0.250 e. The molecular weight excluding hydrogens is 366 g/mol. The van der Waals surface area contributed by atoms with Gasteiger partial charge in [-0.15, -0.1) is 0 Å². The van der Waals surface area contributed by atoms with E-state index in [-0.39, 0.29) is 23.8 Å². The van der Waals surface area contributed by atoms with E-state index in [9.17, 15) is 14.4 Å². The zero-order valence-corrected chi connectivity index (χ0v) is 15.2. The third-order valence-corrected chi connectivity index (χ3v) is 6.07. The molecule has 0 aliphatic carbocycles. The predicted octanol–water partition coefficient (Wildman–Crippen LogP) is 2.28. The maximum Gasteiger partial charge on any atom is 0.250 e. The first-order chi connectivity index (χ1) is 12.9. The molecule has 3 aliphatic heterocycles. The van der Waals surface area contributed by atoms with Gasteiger partial charge >= 0.3 is 0 Å². The number of rotatable bonds is 1. The summed E-state index contributed by atoms with van der Waals surface area (Å²) >= 11 is 6.05. The van der Waals surface area contributed by atoms with E-state index < -0.39 is 17.4 Å². The molecule has 3 heterocycles. The van der Waals surface area contributed by atoms with Gasteiger partial charge in [0.15, 0.2) is 0 Å². The van der Waals surface area contributed by atoms with E-state index in [0.29, 0.717) is 22.0 Å².